The van der Waals surface area contributed by atoms with Crippen LogP contribution in [0.5, 0.6) is 0 Å². The Labute approximate surface area is 74.3 Å². The summed E-state index contributed by atoms with van der Waals surface area (Å²) in [6.07, 6.45) is 4.90. The van der Waals surface area contributed by atoms with Crippen LogP contribution in [-0.2, 0) is 4.74 Å². The highest BCUT2D eigenvalue weighted by molar-refractivity contribution is 5.73. The monoisotopic (exact) mass is 167 g/mol. The van der Waals surface area contributed by atoms with Gasteiger partial charge >= 0.3 is 0 Å². The van der Waals surface area contributed by atoms with Crippen molar-refractivity contribution >= 4 is 6.21 Å². The van der Waals surface area contributed by atoms with Crippen LogP contribution in [0.15, 0.2) is 16.6 Å². The van der Waals surface area contributed by atoms with Crippen LogP contribution in [0.2, 0.25) is 0 Å². The van der Waals surface area contributed by atoms with Crippen LogP contribution < -0.4 is 0 Å². The predicted molar refractivity (Wildman–Crippen MR) is 51.4 cm³/mol. The second kappa shape index (κ2) is 3.40. The lowest BCUT2D eigenvalue weighted by molar-refractivity contribution is 0.106. The normalized spacial score (nSPS) is 24.0. The molecular formula is C10H17NO. The van der Waals surface area contributed by atoms with Gasteiger partial charge in [0.2, 0.25) is 0 Å². The van der Waals surface area contributed by atoms with E-state index in [1.165, 1.54) is 5.57 Å². The fourth-order valence-electron chi connectivity index (χ4n) is 1.24. The third-order valence-corrected chi connectivity index (χ3v) is 2.16. The standard InChI is InChI=1S/C10H17NO/c1-10(2,3)8-5-6-11-9(7-8)12-4/h5-6,9H,7H2,1-4H3. The van der Waals surface area contributed by atoms with E-state index in [1.807, 2.05) is 6.21 Å². The average Bonchev–Trinajstić information content (AvgIpc) is 2.03. The van der Waals surface area contributed by atoms with Crippen molar-refractivity contribution in [1.82, 2.24) is 0 Å². The molecule has 0 fully saturated rings. The van der Waals surface area contributed by atoms with Crippen molar-refractivity contribution in [3.8, 4) is 0 Å². The molecule has 1 unspecified atom stereocenters. The van der Waals surface area contributed by atoms with E-state index in [-0.39, 0.29) is 11.6 Å². The van der Waals surface area contributed by atoms with E-state index in [1.54, 1.807) is 7.11 Å². The Morgan fingerprint density at radius 3 is 2.67 bits per heavy atom. The highest BCUT2D eigenvalue weighted by Crippen LogP contribution is 2.30. The van der Waals surface area contributed by atoms with Crippen LogP contribution in [0.1, 0.15) is 27.2 Å². The smallest absolute Gasteiger partial charge is 0.151 e. The van der Waals surface area contributed by atoms with Gasteiger partial charge in [0.1, 0.15) is 0 Å². The quantitative estimate of drug-likeness (QED) is 0.587. The third kappa shape index (κ3) is 2.18. The van der Waals surface area contributed by atoms with E-state index in [0.29, 0.717) is 0 Å². The Kier molecular flexibility index (Phi) is 2.68. The minimum Gasteiger partial charge on any atom is -0.359 e. The van der Waals surface area contributed by atoms with Crippen molar-refractivity contribution < 1.29 is 4.74 Å². The predicted octanol–water partition coefficient (Wildman–Crippen LogP) is 2.41. The number of allylic oxidation sites excluding steroid dienone is 1. The second-order valence-corrected chi connectivity index (χ2v) is 4.13. The number of rotatable bonds is 1. The second-order valence-electron chi connectivity index (χ2n) is 4.13. The summed E-state index contributed by atoms with van der Waals surface area (Å²) in [4.78, 5) is 4.19. The van der Waals surface area contributed by atoms with E-state index in [4.69, 9.17) is 4.74 Å². The first-order valence-corrected chi connectivity index (χ1v) is 4.29. The van der Waals surface area contributed by atoms with E-state index in [2.05, 4.69) is 31.8 Å². The maximum Gasteiger partial charge on any atom is 0.151 e. The Balaban J connectivity index is 2.70. The Morgan fingerprint density at radius 1 is 1.50 bits per heavy atom. The van der Waals surface area contributed by atoms with Crippen molar-refractivity contribution in [2.24, 2.45) is 10.4 Å². The zero-order valence-corrected chi connectivity index (χ0v) is 8.29. The van der Waals surface area contributed by atoms with Gasteiger partial charge in [-0.1, -0.05) is 26.3 Å². The molecule has 0 N–H and O–H groups in total. The Bertz CT molecular complexity index is 210. The first-order chi connectivity index (χ1) is 5.54. The summed E-state index contributed by atoms with van der Waals surface area (Å²) in [6.45, 7) is 6.64. The number of ether oxygens (including phenoxy) is 1. The highest BCUT2D eigenvalue weighted by atomic mass is 16.5. The van der Waals surface area contributed by atoms with E-state index < -0.39 is 0 Å². The molecule has 0 aromatic heterocycles. The van der Waals surface area contributed by atoms with E-state index in [9.17, 15) is 0 Å². The molecule has 1 aliphatic heterocycles. The van der Waals surface area contributed by atoms with Crippen molar-refractivity contribution in [2.45, 2.75) is 33.4 Å². The summed E-state index contributed by atoms with van der Waals surface area (Å²) < 4.78 is 5.18. The number of hydrogen-bond acceptors (Lipinski definition) is 2. The summed E-state index contributed by atoms with van der Waals surface area (Å²) in [5.41, 5.74) is 1.65. The van der Waals surface area contributed by atoms with Crippen LogP contribution in [0, 0.1) is 5.41 Å². The van der Waals surface area contributed by atoms with Gasteiger partial charge in [-0.05, 0) is 11.5 Å². The maximum absolute atomic E-state index is 5.18. The van der Waals surface area contributed by atoms with E-state index >= 15 is 0 Å². The largest absolute Gasteiger partial charge is 0.359 e. The minimum absolute atomic E-state index is 0.0317. The number of hydrogen-bond donors (Lipinski definition) is 0. The Morgan fingerprint density at radius 2 is 2.17 bits per heavy atom. The van der Waals surface area contributed by atoms with Gasteiger partial charge in [-0.2, -0.15) is 0 Å². The number of methoxy groups -OCH3 is 1. The van der Waals surface area contributed by atoms with Crippen LogP contribution in [0.25, 0.3) is 0 Å². The molecule has 1 heterocycles. The number of dihydropyridines is 1. The van der Waals surface area contributed by atoms with Crippen LogP contribution in [0.4, 0.5) is 0 Å². The average molecular weight is 167 g/mol. The first kappa shape index (κ1) is 9.46. The molecule has 0 amide bonds. The molecule has 2 heteroatoms. The van der Waals surface area contributed by atoms with Crippen LogP contribution in [-0.4, -0.2) is 19.6 Å². The first-order valence-electron chi connectivity index (χ1n) is 4.29. The van der Waals surface area contributed by atoms with Gasteiger partial charge in [-0.15, -0.1) is 0 Å². The van der Waals surface area contributed by atoms with Crippen molar-refractivity contribution in [3.63, 3.8) is 0 Å². The zero-order valence-electron chi connectivity index (χ0n) is 8.29. The van der Waals surface area contributed by atoms with Gasteiger partial charge < -0.3 is 4.74 Å². The summed E-state index contributed by atoms with van der Waals surface area (Å²) in [7, 11) is 1.70. The highest BCUT2D eigenvalue weighted by Gasteiger charge is 2.21. The van der Waals surface area contributed by atoms with Gasteiger partial charge in [0.05, 0.1) is 0 Å². The molecule has 0 aliphatic carbocycles. The molecule has 0 saturated carbocycles. The third-order valence-electron chi connectivity index (χ3n) is 2.16. The topological polar surface area (TPSA) is 21.6 Å². The van der Waals surface area contributed by atoms with Gasteiger partial charge in [0, 0.05) is 19.7 Å². The molecule has 0 saturated heterocycles. The van der Waals surface area contributed by atoms with Crippen LogP contribution >= 0.6 is 0 Å². The molecule has 0 aromatic rings. The molecular weight excluding hydrogens is 150 g/mol. The Hall–Kier alpha value is -0.630. The summed E-state index contributed by atoms with van der Waals surface area (Å²) in [6, 6.07) is 0. The SMILES string of the molecule is COC1CC(C(C)(C)C)=CC=N1. The molecule has 0 aromatic carbocycles. The number of nitrogens with zero attached hydrogens (tertiary/aromatic N) is 1. The van der Waals surface area contributed by atoms with Crippen LogP contribution in [0.3, 0.4) is 0 Å². The molecule has 1 rings (SSSR count). The molecule has 0 spiro atoms. The molecule has 0 bridgehead atoms. The minimum atomic E-state index is 0.0317. The summed E-state index contributed by atoms with van der Waals surface area (Å²) in [5, 5.41) is 0. The van der Waals surface area contributed by atoms with Gasteiger partial charge in [-0.25, -0.2) is 0 Å². The molecule has 68 valence electrons. The lowest BCUT2D eigenvalue weighted by atomic mass is 9.83. The summed E-state index contributed by atoms with van der Waals surface area (Å²) >= 11 is 0. The lowest BCUT2D eigenvalue weighted by Gasteiger charge is -2.26. The summed E-state index contributed by atoms with van der Waals surface area (Å²) in [5.74, 6) is 0. The maximum atomic E-state index is 5.18. The fraction of sp³-hybridized carbons (Fsp3) is 0.700. The molecule has 1 aliphatic rings. The molecule has 1 atom stereocenters. The van der Waals surface area contributed by atoms with Gasteiger partial charge in [0.25, 0.3) is 0 Å². The molecule has 0 radical (unpaired) electrons. The van der Waals surface area contributed by atoms with E-state index in [0.717, 1.165) is 6.42 Å². The van der Waals surface area contributed by atoms with Crippen molar-refractivity contribution in [2.75, 3.05) is 7.11 Å². The molecule has 2 nitrogen and oxygen atoms in total. The number of aliphatic imine (C=N–C) groups is 1. The van der Waals surface area contributed by atoms with Crippen molar-refractivity contribution in [3.05, 3.63) is 11.6 Å². The molecule has 12 heavy (non-hydrogen) atoms. The fourth-order valence-corrected chi connectivity index (χ4v) is 1.24. The van der Waals surface area contributed by atoms with Gasteiger partial charge in [-0.3, -0.25) is 4.99 Å². The lowest BCUT2D eigenvalue weighted by Crippen LogP contribution is -2.19. The van der Waals surface area contributed by atoms with Gasteiger partial charge in [0.15, 0.2) is 6.23 Å². The zero-order chi connectivity index (χ0) is 9.19. The van der Waals surface area contributed by atoms with Crippen molar-refractivity contribution in [1.29, 1.82) is 0 Å².